The third-order valence-electron chi connectivity index (χ3n) is 4.49. The fraction of sp³-hybridized carbons (Fsp3) is 0.217. The number of ether oxygens (including phenoxy) is 2. The molecule has 0 saturated carbocycles. The third-order valence-corrected chi connectivity index (χ3v) is 5.55. The molecular weight excluding hydrogens is 444 g/mol. The summed E-state index contributed by atoms with van der Waals surface area (Å²) in [5, 5.41) is 6.10. The van der Waals surface area contributed by atoms with E-state index < -0.39 is 18.5 Å². The van der Waals surface area contributed by atoms with Crippen molar-refractivity contribution in [3.63, 3.8) is 0 Å². The smallest absolute Gasteiger partial charge is 0.340 e. The third kappa shape index (κ3) is 7.11. The van der Waals surface area contributed by atoms with Crippen LogP contribution in [-0.4, -0.2) is 46.8 Å². The zero-order valence-corrected chi connectivity index (χ0v) is 19.1. The summed E-state index contributed by atoms with van der Waals surface area (Å²) in [6.45, 7) is -0.173. The minimum atomic E-state index is -0.709. The first kappa shape index (κ1) is 23.9. The molecule has 172 valence electrons. The number of nitrogens with zero attached hydrogens (tertiary/aromatic N) is 2. The molecule has 2 amide bonds. The molecule has 0 aliphatic carbocycles. The van der Waals surface area contributed by atoms with Crippen molar-refractivity contribution in [2.45, 2.75) is 11.7 Å². The van der Waals surface area contributed by atoms with Crippen LogP contribution in [0.1, 0.15) is 15.9 Å². The van der Waals surface area contributed by atoms with Crippen molar-refractivity contribution in [1.82, 2.24) is 14.9 Å². The summed E-state index contributed by atoms with van der Waals surface area (Å²) in [4.78, 5) is 41.1. The van der Waals surface area contributed by atoms with Crippen LogP contribution < -0.4 is 15.4 Å². The highest BCUT2D eigenvalue weighted by Gasteiger charge is 2.16. The molecule has 0 radical (unpaired) electrons. The van der Waals surface area contributed by atoms with Crippen LogP contribution in [0.3, 0.4) is 0 Å². The van der Waals surface area contributed by atoms with Crippen LogP contribution in [0, 0.1) is 0 Å². The van der Waals surface area contributed by atoms with Gasteiger partial charge in [-0.05, 0) is 29.8 Å². The van der Waals surface area contributed by atoms with Crippen molar-refractivity contribution in [1.29, 1.82) is 0 Å². The number of aryl methyl sites for hydroxylation is 1. The Kier molecular flexibility index (Phi) is 8.48. The molecule has 0 aliphatic rings. The fourth-order valence-corrected chi connectivity index (χ4v) is 3.55. The van der Waals surface area contributed by atoms with Crippen molar-refractivity contribution < 1.29 is 23.9 Å². The normalized spacial score (nSPS) is 10.4. The number of aromatic nitrogens is 2. The Hall–Kier alpha value is -3.79. The van der Waals surface area contributed by atoms with Gasteiger partial charge < -0.3 is 24.7 Å². The van der Waals surface area contributed by atoms with Gasteiger partial charge in [-0.2, -0.15) is 0 Å². The van der Waals surface area contributed by atoms with Crippen molar-refractivity contribution in [3.8, 4) is 5.75 Å². The maximum absolute atomic E-state index is 12.5. The van der Waals surface area contributed by atoms with Crippen molar-refractivity contribution in [3.05, 3.63) is 72.1 Å². The Bertz CT molecular complexity index is 1130. The van der Waals surface area contributed by atoms with Crippen molar-refractivity contribution >= 4 is 35.2 Å². The monoisotopic (exact) mass is 468 g/mol. The molecule has 3 rings (SSSR count). The van der Waals surface area contributed by atoms with Gasteiger partial charge >= 0.3 is 5.97 Å². The lowest BCUT2D eigenvalue weighted by Gasteiger charge is -2.11. The largest absolute Gasteiger partial charge is 0.497 e. The average Bonchev–Trinajstić information content (AvgIpc) is 3.25. The number of carbonyl (C=O) groups excluding carboxylic acids is 3. The van der Waals surface area contributed by atoms with Crippen LogP contribution in [-0.2, 0) is 27.9 Å². The number of thioether (sulfide) groups is 1. The lowest BCUT2D eigenvalue weighted by molar-refractivity contribution is -0.124. The number of imidazole rings is 1. The summed E-state index contributed by atoms with van der Waals surface area (Å²) in [5.74, 6) is -0.635. The minimum absolute atomic E-state index is 0.126. The van der Waals surface area contributed by atoms with Gasteiger partial charge in [0.15, 0.2) is 11.8 Å². The van der Waals surface area contributed by atoms with Gasteiger partial charge in [-0.15, -0.1) is 0 Å². The summed E-state index contributed by atoms with van der Waals surface area (Å²) < 4.78 is 12.1. The second-order valence-corrected chi connectivity index (χ2v) is 7.85. The highest BCUT2D eigenvalue weighted by molar-refractivity contribution is 7.99. The predicted molar refractivity (Wildman–Crippen MR) is 124 cm³/mol. The molecule has 1 aromatic heterocycles. The van der Waals surface area contributed by atoms with Crippen LogP contribution in [0.25, 0.3) is 0 Å². The van der Waals surface area contributed by atoms with E-state index in [0.717, 1.165) is 5.56 Å². The molecule has 1 heterocycles. The van der Waals surface area contributed by atoms with Crippen LogP contribution in [0.4, 0.5) is 5.69 Å². The quantitative estimate of drug-likeness (QED) is 0.348. The average molecular weight is 469 g/mol. The zero-order valence-electron chi connectivity index (χ0n) is 18.2. The first-order chi connectivity index (χ1) is 16.0. The van der Waals surface area contributed by atoms with Crippen LogP contribution in [0.2, 0.25) is 0 Å². The molecular formula is C23H24N4O5S. The minimum Gasteiger partial charge on any atom is -0.497 e. The molecule has 2 N–H and O–H groups in total. The summed E-state index contributed by atoms with van der Waals surface area (Å²) in [6.07, 6.45) is 3.44. The fourth-order valence-electron chi connectivity index (χ4n) is 2.82. The number of hydrogen-bond donors (Lipinski definition) is 2. The molecule has 0 spiro atoms. The standard InChI is InChI=1S/C23H24N4O5S/c1-27-11-10-24-23(27)33-15-21(29)26-19-9-4-3-8-18(19)22(30)32-14-20(28)25-13-16-6-5-7-17(12-16)31-2/h3-12H,13-15H2,1-2H3,(H,25,28)(H,26,29). The lowest BCUT2D eigenvalue weighted by atomic mass is 10.2. The van der Waals surface area contributed by atoms with E-state index in [4.69, 9.17) is 9.47 Å². The lowest BCUT2D eigenvalue weighted by Crippen LogP contribution is -2.28. The number of benzene rings is 2. The zero-order chi connectivity index (χ0) is 23.6. The molecule has 9 nitrogen and oxygen atoms in total. The second-order valence-electron chi connectivity index (χ2n) is 6.91. The van der Waals surface area contributed by atoms with Crippen LogP contribution >= 0.6 is 11.8 Å². The van der Waals surface area contributed by atoms with Crippen LogP contribution in [0.15, 0.2) is 66.1 Å². The Morgan fingerprint density at radius 2 is 1.91 bits per heavy atom. The molecule has 0 atom stereocenters. The summed E-state index contributed by atoms with van der Waals surface area (Å²) in [5.41, 5.74) is 1.32. The molecule has 0 aliphatic heterocycles. The number of methoxy groups -OCH3 is 1. The molecule has 2 aromatic carbocycles. The van der Waals surface area contributed by atoms with E-state index in [-0.39, 0.29) is 23.8 Å². The van der Waals surface area contributed by atoms with E-state index in [9.17, 15) is 14.4 Å². The summed E-state index contributed by atoms with van der Waals surface area (Å²) >= 11 is 1.28. The first-order valence-corrected chi connectivity index (χ1v) is 11.0. The van der Waals surface area contributed by atoms with Gasteiger partial charge in [0.05, 0.1) is 24.1 Å². The number of rotatable bonds is 10. The number of anilines is 1. The number of para-hydroxylation sites is 1. The van der Waals surface area contributed by atoms with Gasteiger partial charge in [-0.3, -0.25) is 9.59 Å². The molecule has 0 unspecified atom stereocenters. The molecule has 3 aromatic rings. The van der Waals surface area contributed by atoms with E-state index in [1.54, 1.807) is 49.8 Å². The van der Waals surface area contributed by atoms with Gasteiger partial charge in [0.1, 0.15) is 5.75 Å². The highest BCUT2D eigenvalue weighted by atomic mass is 32.2. The molecule has 33 heavy (non-hydrogen) atoms. The highest BCUT2D eigenvalue weighted by Crippen LogP contribution is 2.19. The number of esters is 1. The van der Waals surface area contributed by atoms with E-state index in [1.165, 1.54) is 17.8 Å². The van der Waals surface area contributed by atoms with Gasteiger partial charge in [-0.1, -0.05) is 36.0 Å². The Morgan fingerprint density at radius 3 is 2.67 bits per heavy atom. The van der Waals surface area contributed by atoms with E-state index in [1.807, 2.05) is 23.7 Å². The van der Waals surface area contributed by atoms with E-state index in [2.05, 4.69) is 15.6 Å². The van der Waals surface area contributed by atoms with Crippen LogP contribution in [0.5, 0.6) is 5.75 Å². The summed E-state index contributed by atoms with van der Waals surface area (Å²) in [6, 6.07) is 13.7. The Labute approximate surface area is 195 Å². The molecule has 10 heteroatoms. The van der Waals surface area contributed by atoms with Gasteiger partial charge in [0.25, 0.3) is 5.91 Å². The number of nitrogens with one attached hydrogen (secondary N) is 2. The number of amides is 2. The predicted octanol–water partition coefficient (Wildman–Crippen LogP) is 2.63. The van der Waals surface area contributed by atoms with Gasteiger partial charge in [0, 0.05) is 26.0 Å². The Balaban J connectivity index is 1.49. The van der Waals surface area contributed by atoms with Crippen molar-refractivity contribution in [2.75, 3.05) is 24.8 Å². The van der Waals surface area contributed by atoms with E-state index in [0.29, 0.717) is 16.6 Å². The van der Waals surface area contributed by atoms with Gasteiger partial charge in [0.2, 0.25) is 5.91 Å². The molecule has 0 fully saturated rings. The number of carbonyl (C=O) groups is 3. The van der Waals surface area contributed by atoms with E-state index >= 15 is 0 Å². The SMILES string of the molecule is COc1cccc(CNC(=O)COC(=O)c2ccccc2NC(=O)CSc2nccn2C)c1. The first-order valence-electron chi connectivity index (χ1n) is 10.0. The van der Waals surface area contributed by atoms with Crippen molar-refractivity contribution in [2.24, 2.45) is 7.05 Å². The maximum Gasteiger partial charge on any atom is 0.340 e. The molecule has 0 bridgehead atoms. The Morgan fingerprint density at radius 1 is 1.09 bits per heavy atom. The second kappa shape index (κ2) is 11.7. The maximum atomic E-state index is 12.5. The molecule has 0 saturated heterocycles. The summed E-state index contributed by atoms with van der Waals surface area (Å²) in [7, 11) is 3.40. The number of hydrogen-bond acceptors (Lipinski definition) is 7. The van der Waals surface area contributed by atoms with Gasteiger partial charge in [-0.25, -0.2) is 9.78 Å². The topological polar surface area (TPSA) is 112 Å².